The zero-order valence-electron chi connectivity index (χ0n) is 5.97. The molecule has 5 heteroatoms. The van der Waals surface area contributed by atoms with E-state index in [4.69, 9.17) is 20.5 Å². The second-order valence-corrected chi connectivity index (χ2v) is 2.14. The molecule has 0 aliphatic heterocycles. The van der Waals surface area contributed by atoms with Gasteiger partial charge in [-0.05, 0) is 6.07 Å². The van der Waals surface area contributed by atoms with Gasteiger partial charge < -0.3 is 20.5 Å². The number of phenolic OH excluding ortho intramolecular Hbond substituents is 3. The number of rotatable bonds is 1. The Balaban J connectivity index is 3.23. The van der Waals surface area contributed by atoms with Gasteiger partial charge in [-0.2, -0.15) is 0 Å². The summed E-state index contributed by atoms with van der Waals surface area (Å²) in [6.07, 6.45) is 0.939. The first kappa shape index (κ1) is 8.19. The molecular weight excluding hydrogens is 162 g/mol. The minimum absolute atomic E-state index is 0.118. The first-order valence-electron chi connectivity index (χ1n) is 3.07. The lowest BCUT2D eigenvalue weighted by atomic mass is 10.2. The van der Waals surface area contributed by atoms with Crippen LogP contribution >= 0.6 is 0 Å². The molecule has 0 saturated carbocycles. The second-order valence-electron chi connectivity index (χ2n) is 2.14. The zero-order chi connectivity index (χ0) is 9.14. The molecule has 5 nitrogen and oxygen atoms in total. The van der Waals surface area contributed by atoms with E-state index < -0.39 is 5.75 Å². The van der Waals surface area contributed by atoms with Crippen molar-refractivity contribution < 1.29 is 20.5 Å². The van der Waals surface area contributed by atoms with Gasteiger partial charge in [0.2, 0.25) is 0 Å². The number of phenols is 3. The van der Waals surface area contributed by atoms with Gasteiger partial charge in [0, 0.05) is 11.6 Å². The Bertz CT molecular complexity index is 321. The molecule has 0 fully saturated rings. The third-order valence-corrected chi connectivity index (χ3v) is 1.32. The molecule has 0 aliphatic carbocycles. The van der Waals surface area contributed by atoms with E-state index in [-0.39, 0.29) is 17.1 Å². The van der Waals surface area contributed by atoms with Gasteiger partial charge in [0.15, 0.2) is 11.5 Å². The summed E-state index contributed by atoms with van der Waals surface area (Å²) in [4.78, 5) is 0. The van der Waals surface area contributed by atoms with E-state index in [9.17, 15) is 0 Å². The maximum absolute atomic E-state index is 9.07. The lowest BCUT2D eigenvalue weighted by molar-refractivity contribution is 0.321. The lowest BCUT2D eigenvalue weighted by Crippen LogP contribution is -1.82. The monoisotopic (exact) mass is 169 g/mol. The third-order valence-electron chi connectivity index (χ3n) is 1.32. The highest BCUT2D eigenvalue weighted by molar-refractivity contribution is 5.84. The van der Waals surface area contributed by atoms with Gasteiger partial charge in [-0.25, -0.2) is 0 Å². The molecule has 12 heavy (non-hydrogen) atoms. The van der Waals surface area contributed by atoms with Crippen LogP contribution in [-0.4, -0.2) is 26.7 Å². The molecule has 0 atom stereocenters. The van der Waals surface area contributed by atoms with E-state index in [1.165, 1.54) is 0 Å². The standard InChI is InChI=1S/C7H7NO4/c9-5-2-7(11)6(10)1-4(5)3-8-12/h1-3,9-12H/b8-3+. The quantitative estimate of drug-likeness (QED) is 0.163. The Morgan fingerprint density at radius 1 is 1.00 bits per heavy atom. The predicted molar refractivity (Wildman–Crippen MR) is 40.8 cm³/mol. The lowest BCUT2D eigenvalue weighted by Gasteiger charge is -2.00. The molecule has 1 aromatic carbocycles. The molecule has 0 bridgehead atoms. The Kier molecular flexibility index (Phi) is 2.05. The van der Waals surface area contributed by atoms with Crippen LogP contribution in [-0.2, 0) is 0 Å². The van der Waals surface area contributed by atoms with Crippen LogP contribution in [0.5, 0.6) is 17.2 Å². The molecular formula is C7H7NO4. The van der Waals surface area contributed by atoms with Gasteiger partial charge in [-0.15, -0.1) is 0 Å². The van der Waals surface area contributed by atoms with Gasteiger partial charge in [0.1, 0.15) is 5.75 Å². The number of hydrogen-bond acceptors (Lipinski definition) is 5. The molecule has 1 rings (SSSR count). The van der Waals surface area contributed by atoms with Crippen LogP contribution in [0.25, 0.3) is 0 Å². The number of nitrogens with zero attached hydrogens (tertiary/aromatic N) is 1. The molecule has 0 radical (unpaired) electrons. The molecule has 0 unspecified atom stereocenters. The Labute approximate surface area is 67.8 Å². The van der Waals surface area contributed by atoms with Crippen LogP contribution in [0.1, 0.15) is 5.56 Å². The van der Waals surface area contributed by atoms with Crippen LogP contribution in [0.4, 0.5) is 0 Å². The Morgan fingerprint density at radius 3 is 2.17 bits per heavy atom. The molecule has 0 spiro atoms. The van der Waals surface area contributed by atoms with Gasteiger partial charge in [-0.1, -0.05) is 5.16 Å². The predicted octanol–water partition coefficient (Wildman–Crippen LogP) is 0.611. The fourth-order valence-electron chi connectivity index (χ4n) is 0.748. The van der Waals surface area contributed by atoms with Crippen molar-refractivity contribution in [1.82, 2.24) is 0 Å². The number of oxime groups is 1. The van der Waals surface area contributed by atoms with Crippen LogP contribution in [0, 0.1) is 0 Å². The summed E-state index contributed by atoms with van der Waals surface area (Å²) < 4.78 is 0. The summed E-state index contributed by atoms with van der Waals surface area (Å²) in [6.45, 7) is 0. The number of aromatic hydroxyl groups is 3. The van der Waals surface area contributed by atoms with Gasteiger partial charge >= 0.3 is 0 Å². The van der Waals surface area contributed by atoms with E-state index in [1.54, 1.807) is 0 Å². The average Bonchev–Trinajstić information content (AvgIpc) is 2.01. The SMILES string of the molecule is O/N=C/c1cc(O)c(O)cc1O. The minimum Gasteiger partial charge on any atom is -0.507 e. The minimum atomic E-state index is -0.428. The van der Waals surface area contributed by atoms with Gasteiger partial charge in [0.05, 0.1) is 6.21 Å². The fourth-order valence-corrected chi connectivity index (χ4v) is 0.748. The van der Waals surface area contributed by atoms with Crippen LogP contribution in [0.2, 0.25) is 0 Å². The third kappa shape index (κ3) is 1.39. The zero-order valence-corrected chi connectivity index (χ0v) is 5.97. The van der Waals surface area contributed by atoms with Crippen molar-refractivity contribution >= 4 is 6.21 Å². The van der Waals surface area contributed by atoms with Crippen LogP contribution < -0.4 is 0 Å². The maximum atomic E-state index is 9.07. The van der Waals surface area contributed by atoms with Crippen LogP contribution in [0.15, 0.2) is 17.3 Å². The first-order valence-corrected chi connectivity index (χ1v) is 3.07. The van der Waals surface area contributed by atoms with Crippen molar-refractivity contribution in [2.24, 2.45) is 5.16 Å². The molecule has 1 aromatic rings. The van der Waals surface area contributed by atoms with Crippen molar-refractivity contribution in [2.75, 3.05) is 0 Å². The summed E-state index contributed by atoms with van der Waals surface area (Å²) in [5.74, 6) is -1.09. The van der Waals surface area contributed by atoms with Crippen molar-refractivity contribution in [3.05, 3.63) is 17.7 Å². The highest BCUT2D eigenvalue weighted by Crippen LogP contribution is 2.30. The molecule has 0 aromatic heterocycles. The second kappa shape index (κ2) is 3.00. The normalized spacial score (nSPS) is 10.7. The van der Waals surface area contributed by atoms with E-state index in [0.29, 0.717) is 0 Å². The van der Waals surface area contributed by atoms with E-state index in [1.807, 2.05) is 0 Å². The Hall–Kier alpha value is -1.91. The summed E-state index contributed by atoms with van der Waals surface area (Å²) in [5.41, 5.74) is 0.118. The highest BCUT2D eigenvalue weighted by atomic mass is 16.4. The molecule has 0 heterocycles. The van der Waals surface area contributed by atoms with Gasteiger partial charge in [0.25, 0.3) is 0 Å². The van der Waals surface area contributed by atoms with Crippen molar-refractivity contribution in [3.8, 4) is 17.2 Å². The summed E-state index contributed by atoms with van der Waals surface area (Å²) in [7, 11) is 0. The average molecular weight is 169 g/mol. The maximum Gasteiger partial charge on any atom is 0.161 e. The molecule has 4 N–H and O–H groups in total. The molecule has 0 saturated heterocycles. The van der Waals surface area contributed by atoms with E-state index >= 15 is 0 Å². The fraction of sp³-hybridized carbons (Fsp3) is 0. The van der Waals surface area contributed by atoms with Crippen molar-refractivity contribution in [2.45, 2.75) is 0 Å². The highest BCUT2D eigenvalue weighted by Gasteiger charge is 2.05. The first-order chi connectivity index (χ1) is 5.65. The van der Waals surface area contributed by atoms with Gasteiger partial charge in [-0.3, -0.25) is 0 Å². The topological polar surface area (TPSA) is 93.3 Å². The molecule has 0 amide bonds. The van der Waals surface area contributed by atoms with E-state index in [2.05, 4.69) is 5.16 Å². The van der Waals surface area contributed by atoms with Crippen molar-refractivity contribution in [1.29, 1.82) is 0 Å². The molecule has 0 aliphatic rings. The molecule has 64 valence electrons. The van der Waals surface area contributed by atoms with Crippen LogP contribution in [0.3, 0.4) is 0 Å². The Morgan fingerprint density at radius 2 is 1.58 bits per heavy atom. The summed E-state index contributed by atoms with van der Waals surface area (Å²) in [5, 5.41) is 37.7. The van der Waals surface area contributed by atoms with E-state index in [0.717, 1.165) is 18.3 Å². The smallest absolute Gasteiger partial charge is 0.161 e. The summed E-state index contributed by atoms with van der Waals surface area (Å²) in [6, 6.07) is 2.02. The largest absolute Gasteiger partial charge is 0.507 e. The number of benzene rings is 1. The number of hydrogen-bond donors (Lipinski definition) is 4. The van der Waals surface area contributed by atoms with Crippen molar-refractivity contribution in [3.63, 3.8) is 0 Å². The summed E-state index contributed by atoms with van der Waals surface area (Å²) >= 11 is 0.